The number of alkyl halides is 1. The van der Waals surface area contributed by atoms with Crippen molar-refractivity contribution in [3.8, 4) is 5.75 Å². The molecule has 2 aromatic carbocycles. The lowest BCUT2D eigenvalue weighted by molar-refractivity contribution is -0.153. The third-order valence-electron chi connectivity index (χ3n) is 5.81. The van der Waals surface area contributed by atoms with E-state index < -0.39 is 12.0 Å². The highest BCUT2D eigenvalue weighted by atomic mass is 35.5. The van der Waals surface area contributed by atoms with Crippen LogP contribution in [0.1, 0.15) is 16.7 Å². The van der Waals surface area contributed by atoms with E-state index in [1.165, 1.54) is 28.4 Å². The highest BCUT2D eigenvalue weighted by molar-refractivity contribution is 8.00. The molecule has 2 amide bonds. The molecule has 0 aliphatic carbocycles. The van der Waals surface area contributed by atoms with Gasteiger partial charge in [0.2, 0.25) is 5.91 Å². The van der Waals surface area contributed by atoms with Gasteiger partial charge in [-0.2, -0.15) is 0 Å². The number of rotatable bonds is 9. The van der Waals surface area contributed by atoms with Gasteiger partial charge in [0.1, 0.15) is 29.5 Å². The van der Waals surface area contributed by atoms with Crippen molar-refractivity contribution in [1.82, 2.24) is 10.2 Å². The summed E-state index contributed by atoms with van der Waals surface area (Å²) in [5, 5.41) is 2.46. The van der Waals surface area contributed by atoms with Crippen molar-refractivity contribution in [3.05, 3.63) is 70.4 Å². The molecule has 0 saturated carbocycles. The summed E-state index contributed by atoms with van der Waals surface area (Å²) in [6.45, 7) is 4.08. The van der Waals surface area contributed by atoms with E-state index in [4.69, 9.17) is 21.1 Å². The van der Waals surface area contributed by atoms with Crippen LogP contribution in [0.3, 0.4) is 0 Å². The van der Waals surface area contributed by atoms with Gasteiger partial charge in [0.15, 0.2) is 0 Å². The summed E-state index contributed by atoms with van der Waals surface area (Å²) in [5.41, 5.74) is 3.88. The van der Waals surface area contributed by atoms with E-state index >= 15 is 0 Å². The Kier molecular flexibility index (Phi) is 8.54. The highest BCUT2D eigenvalue weighted by Gasteiger charge is 2.54. The number of carbonyl (C=O) groups is 3. The number of halogens is 1. The van der Waals surface area contributed by atoms with Crippen LogP contribution in [0, 0.1) is 13.8 Å². The summed E-state index contributed by atoms with van der Waals surface area (Å²) in [6.07, 6.45) is 0. The summed E-state index contributed by atoms with van der Waals surface area (Å²) in [7, 11) is 1.58. The highest BCUT2D eigenvalue weighted by Crippen LogP contribution is 2.41. The predicted octanol–water partition coefficient (Wildman–Crippen LogP) is 4.04. The van der Waals surface area contributed by atoms with Crippen LogP contribution >= 0.6 is 35.1 Å². The van der Waals surface area contributed by atoms with Crippen molar-refractivity contribution in [2.24, 2.45) is 0 Å². The zero-order valence-corrected chi connectivity index (χ0v) is 22.6. The van der Waals surface area contributed by atoms with Crippen LogP contribution in [-0.4, -0.2) is 58.6 Å². The predicted molar refractivity (Wildman–Crippen MR) is 142 cm³/mol. The molecule has 2 heterocycles. The van der Waals surface area contributed by atoms with E-state index in [0.29, 0.717) is 17.1 Å². The van der Waals surface area contributed by atoms with Gasteiger partial charge in [0, 0.05) is 16.5 Å². The van der Waals surface area contributed by atoms with Gasteiger partial charge in [-0.25, -0.2) is 4.79 Å². The van der Waals surface area contributed by atoms with Crippen molar-refractivity contribution < 1.29 is 23.9 Å². The maximum absolute atomic E-state index is 13.0. The van der Waals surface area contributed by atoms with E-state index in [0.717, 1.165) is 21.6 Å². The van der Waals surface area contributed by atoms with Gasteiger partial charge < -0.3 is 14.8 Å². The summed E-state index contributed by atoms with van der Waals surface area (Å²) in [4.78, 5) is 41.0. The number of hydrogen-bond acceptors (Lipinski definition) is 7. The number of benzene rings is 2. The molecule has 2 aromatic rings. The molecule has 10 heteroatoms. The molecule has 190 valence electrons. The van der Waals surface area contributed by atoms with Crippen LogP contribution in [-0.2, 0) is 25.7 Å². The molecule has 0 spiro atoms. The number of aryl methyl sites for hydroxylation is 2. The van der Waals surface area contributed by atoms with Crippen LogP contribution in [0.15, 0.2) is 58.6 Å². The van der Waals surface area contributed by atoms with Crippen LogP contribution < -0.4 is 10.1 Å². The molecule has 0 aromatic heterocycles. The second-order valence-corrected chi connectivity index (χ2v) is 11.0. The lowest BCUT2D eigenvalue weighted by Gasteiger charge is -2.49. The third kappa shape index (κ3) is 5.85. The number of amides is 2. The van der Waals surface area contributed by atoms with Gasteiger partial charge in [-0.1, -0.05) is 18.2 Å². The average Bonchev–Trinajstić information content (AvgIpc) is 2.87. The number of hydrogen-bond donors (Lipinski definition) is 1. The molecule has 2 aliphatic heterocycles. The lowest BCUT2D eigenvalue weighted by Crippen LogP contribution is -2.70. The fraction of sp³-hybridized carbons (Fsp3) is 0.346. The minimum Gasteiger partial charge on any atom is -0.497 e. The Balaban J connectivity index is 1.36. The summed E-state index contributed by atoms with van der Waals surface area (Å²) < 4.78 is 10.6. The minimum absolute atomic E-state index is 0.0531. The van der Waals surface area contributed by atoms with E-state index in [2.05, 4.69) is 11.4 Å². The second-order valence-electron chi connectivity index (χ2n) is 8.58. The molecule has 1 fully saturated rings. The SMILES string of the molecule is COc1ccc(COC(=O)C2=C(CCl)CS[C@@H]3[C@H](NC(=O)CSc4cc(C)cc(C)c4)C(=O)N23)cc1. The van der Waals surface area contributed by atoms with Gasteiger partial charge >= 0.3 is 5.97 Å². The van der Waals surface area contributed by atoms with Crippen molar-refractivity contribution in [3.63, 3.8) is 0 Å². The lowest BCUT2D eigenvalue weighted by atomic mass is 10.0. The Morgan fingerprint density at radius 1 is 1.17 bits per heavy atom. The molecule has 4 rings (SSSR count). The first kappa shape index (κ1) is 26.4. The summed E-state index contributed by atoms with van der Waals surface area (Å²) in [5.74, 6) is 0.328. The number of fused-ring (bicyclic) bond motifs is 1. The number of thioether (sulfide) groups is 2. The zero-order chi connectivity index (χ0) is 25.8. The Labute approximate surface area is 223 Å². The molecule has 7 nitrogen and oxygen atoms in total. The first-order valence-corrected chi connectivity index (χ1v) is 13.9. The molecule has 2 atom stereocenters. The number of methoxy groups -OCH3 is 1. The number of ether oxygens (including phenoxy) is 2. The normalized spacial score (nSPS) is 18.9. The first-order chi connectivity index (χ1) is 17.3. The van der Waals surface area contributed by atoms with Crippen LogP contribution in [0.5, 0.6) is 5.75 Å². The summed E-state index contributed by atoms with van der Waals surface area (Å²) >= 11 is 9.00. The van der Waals surface area contributed by atoms with Crippen molar-refractivity contribution in [2.75, 3.05) is 24.5 Å². The maximum atomic E-state index is 13.0. The Bertz CT molecular complexity index is 1180. The fourth-order valence-corrected chi connectivity index (χ4v) is 6.69. The Hall–Kier alpha value is -2.62. The van der Waals surface area contributed by atoms with E-state index in [1.807, 2.05) is 26.0 Å². The van der Waals surface area contributed by atoms with E-state index in [9.17, 15) is 14.4 Å². The van der Waals surface area contributed by atoms with Crippen molar-refractivity contribution in [2.45, 2.75) is 36.8 Å². The van der Waals surface area contributed by atoms with Crippen molar-refractivity contribution in [1.29, 1.82) is 0 Å². The maximum Gasteiger partial charge on any atom is 0.355 e. The standard InChI is InChI=1S/C26H27ClN2O5S2/c1-15-8-16(2)10-20(9-15)35-14-21(30)28-22-24(31)29-23(18(11-27)13-36-25(22)29)26(32)34-12-17-4-6-19(33-3)7-5-17/h4-10,22,25H,11-14H2,1-3H3,(H,28,30)/t22-,25-/m1/s1. The molecule has 0 radical (unpaired) electrons. The van der Waals surface area contributed by atoms with Gasteiger partial charge in [-0.05, 0) is 60.4 Å². The number of nitrogens with one attached hydrogen (secondary N) is 1. The summed E-state index contributed by atoms with van der Waals surface area (Å²) in [6, 6.07) is 12.6. The monoisotopic (exact) mass is 546 g/mol. The van der Waals surface area contributed by atoms with E-state index in [1.54, 1.807) is 31.4 Å². The first-order valence-electron chi connectivity index (χ1n) is 11.3. The molecule has 36 heavy (non-hydrogen) atoms. The Morgan fingerprint density at radius 3 is 2.50 bits per heavy atom. The number of carbonyl (C=O) groups excluding carboxylic acids is 3. The molecule has 0 bridgehead atoms. The topological polar surface area (TPSA) is 84.9 Å². The number of nitrogens with zero attached hydrogens (tertiary/aromatic N) is 1. The van der Waals surface area contributed by atoms with Crippen LogP contribution in [0.25, 0.3) is 0 Å². The smallest absolute Gasteiger partial charge is 0.355 e. The van der Waals surface area contributed by atoms with Crippen LogP contribution in [0.2, 0.25) is 0 Å². The second kappa shape index (κ2) is 11.6. The molecule has 0 unspecified atom stereocenters. The molecular formula is C26H27ClN2O5S2. The molecule has 2 aliphatic rings. The zero-order valence-electron chi connectivity index (χ0n) is 20.2. The van der Waals surface area contributed by atoms with Gasteiger partial charge in [0.05, 0.1) is 12.9 Å². The third-order valence-corrected chi connectivity index (χ3v) is 8.45. The molecule has 1 saturated heterocycles. The Morgan fingerprint density at radius 2 is 1.86 bits per heavy atom. The molecular weight excluding hydrogens is 520 g/mol. The minimum atomic E-state index is -0.691. The van der Waals surface area contributed by atoms with Crippen molar-refractivity contribution >= 4 is 52.9 Å². The van der Waals surface area contributed by atoms with E-state index in [-0.39, 0.29) is 41.1 Å². The van der Waals surface area contributed by atoms with Gasteiger partial charge in [-0.3, -0.25) is 14.5 Å². The quantitative estimate of drug-likeness (QED) is 0.220. The number of esters is 1. The number of β-lactam (4-membered cyclic amide) rings is 1. The fourth-order valence-electron chi connectivity index (χ4n) is 4.09. The van der Waals surface area contributed by atoms with Crippen LogP contribution in [0.4, 0.5) is 0 Å². The van der Waals surface area contributed by atoms with Gasteiger partial charge in [0.25, 0.3) is 5.91 Å². The largest absolute Gasteiger partial charge is 0.497 e. The molecule has 1 N–H and O–H groups in total. The van der Waals surface area contributed by atoms with Gasteiger partial charge in [-0.15, -0.1) is 35.1 Å². The average molecular weight is 547 g/mol.